The van der Waals surface area contributed by atoms with Crippen LogP contribution in [0.15, 0.2) is 47.3 Å². The third kappa shape index (κ3) is 5.16. The number of thiocarbonyl (C=S) groups is 1. The van der Waals surface area contributed by atoms with Crippen molar-refractivity contribution in [3.63, 3.8) is 0 Å². The average molecular weight is 457 g/mol. The maximum atomic E-state index is 12.3. The summed E-state index contributed by atoms with van der Waals surface area (Å²) in [5.74, 6) is 0.637. The van der Waals surface area contributed by atoms with Crippen LogP contribution in [0.5, 0.6) is 0 Å². The Balaban J connectivity index is 1.30. The highest BCUT2D eigenvalue weighted by Crippen LogP contribution is 2.36. The van der Waals surface area contributed by atoms with Crippen LogP contribution in [-0.2, 0) is 16.1 Å². The van der Waals surface area contributed by atoms with Crippen LogP contribution in [0.25, 0.3) is 0 Å². The fourth-order valence-electron chi connectivity index (χ4n) is 4.30. The van der Waals surface area contributed by atoms with Gasteiger partial charge in [0.1, 0.15) is 4.32 Å². The van der Waals surface area contributed by atoms with Gasteiger partial charge in [-0.3, -0.25) is 14.4 Å². The average Bonchev–Trinajstić information content (AvgIpc) is 2.74. The number of thioether (sulfide) groups is 1. The molecule has 2 bridgehead atoms. The number of pyridine rings is 1. The van der Waals surface area contributed by atoms with Gasteiger partial charge in [0.25, 0.3) is 5.56 Å². The van der Waals surface area contributed by atoms with Crippen molar-refractivity contribution in [3.8, 4) is 0 Å². The van der Waals surface area contributed by atoms with Gasteiger partial charge >= 0.3 is 0 Å². The number of fused-ring (bicyclic) bond motifs is 4. The topological polar surface area (TPSA) is 83.4 Å². The lowest BCUT2D eigenvalue weighted by atomic mass is 9.83. The minimum Gasteiger partial charge on any atom is -0.356 e. The van der Waals surface area contributed by atoms with Gasteiger partial charge in [-0.2, -0.15) is 0 Å². The lowest BCUT2D eigenvalue weighted by Gasteiger charge is -2.43. The standard InChI is InChI=1S/C22H24N4O3S2/c1-14(27)23-17-5-7-18(8-6-17)24-20(28)13-31-22(30)25-10-15-9-16(12-25)19-3-2-4-21(29)26(19)11-15/h2-8,15-16H,9-13H2,1H3,(H,23,27)(H,24,28)/t15-,16+/m1/s1. The molecule has 162 valence electrons. The Morgan fingerprint density at radius 3 is 2.48 bits per heavy atom. The smallest absolute Gasteiger partial charge is 0.250 e. The van der Waals surface area contributed by atoms with Crippen LogP contribution in [-0.4, -0.2) is 44.4 Å². The molecule has 2 aromatic rings. The third-order valence-electron chi connectivity index (χ3n) is 5.55. The molecule has 3 heterocycles. The first-order valence-corrected chi connectivity index (χ1v) is 11.6. The SMILES string of the molecule is CC(=O)Nc1ccc(NC(=O)CSC(=S)N2C[C@H]3C[C@@H](C2)c2cccc(=O)n2C3)cc1. The number of benzene rings is 1. The molecule has 2 N–H and O–H groups in total. The highest BCUT2D eigenvalue weighted by atomic mass is 32.2. The molecule has 7 nitrogen and oxygen atoms in total. The molecule has 9 heteroatoms. The Morgan fingerprint density at radius 2 is 1.77 bits per heavy atom. The normalized spacial score (nSPS) is 19.3. The van der Waals surface area contributed by atoms with E-state index in [9.17, 15) is 14.4 Å². The zero-order valence-corrected chi connectivity index (χ0v) is 18.8. The fraction of sp³-hybridized carbons (Fsp3) is 0.364. The summed E-state index contributed by atoms with van der Waals surface area (Å²) in [6, 6.07) is 12.5. The number of hydrogen-bond acceptors (Lipinski definition) is 5. The quantitative estimate of drug-likeness (QED) is 0.689. The third-order valence-corrected chi connectivity index (χ3v) is 7.08. The molecule has 0 spiro atoms. The largest absolute Gasteiger partial charge is 0.356 e. The highest BCUT2D eigenvalue weighted by Gasteiger charge is 2.35. The summed E-state index contributed by atoms with van der Waals surface area (Å²) in [4.78, 5) is 37.8. The van der Waals surface area contributed by atoms with Gasteiger partial charge in [0.2, 0.25) is 11.8 Å². The Hall–Kier alpha value is -2.65. The molecule has 2 aliphatic rings. The van der Waals surface area contributed by atoms with Gasteiger partial charge in [-0.15, -0.1) is 0 Å². The number of carbonyl (C=O) groups is 2. The van der Waals surface area contributed by atoms with Crippen molar-refractivity contribution in [2.75, 3.05) is 29.5 Å². The predicted molar refractivity (Wildman–Crippen MR) is 128 cm³/mol. The van der Waals surface area contributed by atoms with Crippen molar-refractivity contribution in [1.29, 1.82) is 0 Å². The summed E-state index contributed by atoms with van der Waals surface area (Å²) in [5.41, 5.74) is 2.50. The van der Waals surface area contributed by atoms with Crippen LogP contribution in [0, 0.1) is 5.92 Å². The Morgan fingerprint density at radius 1 is 1.06 bits per heavy atom. The summed E-state index contributed by atoms with van der Waals surface area (Å²) in [6.45, 7) is 3.77. The summed E-state index contributed by atoms with van der Waals surface area (Å²) in [6.07, 6.45) is 1.07. The molecule has 1 aromatic heterocycles. The van der Waals surface area contributed by atoms with Gasteiger partial charge < -0.3 is 20.1 Å². The van der Waals surface area contributed by atoms with E-state index < -0.39 is 0 Å². The Bertz CT molecular complexity index is 1070. The number of piperidine rings is 1. The molecule has 0 radical (unpaired) electrons. The second-order valence-electron chi connectivity index (χ2n) is 7.96. The van der Waals surface area contributed by atoms with Crippen LogP contribution >= 0.6 is 24.0 Å². The number of rotatable bonds is 4. The van der Waals surface area contributed by atoms with E-state index in [0.717, 1.165) is 36.1 Å². The number of nitrogens with one attached hydrogen (secondary N) is 2. The van der Waals surface area contributed by atoms with Gasteiger partial charge in [0.15, 0.2) is 0 Å². The number of hydrogen-bond donors (Lipinski definition) is 2. The lowest BCUT2D eigenvalue weighted by molar-refractivity contribution is -0.114. The van der Waals surface area contributed by atoms with Gasteiger partial charge in [-0.05, 0) is 42.7 Å². The van der Waals surface area contributed by atoms with Crippen LogP contribution in [0.4, 0.5) is 11.4 Å². The van der Waals surface area contributed by atoms with E-state index in [-0.39, 0.29) is 29.0 Å². The zero-order valence-electron chi connectivity index (χ0n) is 17.2. The second-order valence-corrected chi connectivity index (χ2v) is 9.57. The first-order chi connectivity index (χ1) is 14.9. The van der Waals surface area contributed by atoms with Crippen LogP contribution in [0.3, 0.4) is 0 Å². The van der Waals surface area contributed by atoms with E-state index in [1.807, 2.05) is 16.7 Å². The molecule has 2 aliphatic heterocycles. The van der Waals surface area contributed by atoms with E-state index >= 15 is 0 Å². The van der Waals surface area contributed by atoms with E-state index in [2.05, 4.69) is 15.5 Å². The van der Waals surface area contributed by atoms with Crippen molar-refractivity contribution >= 4 is 51.5 Å². The Labute approximate surface area is 190 Å². The molecule has 2 atom stereocenters. The van der Waals surface area contributed by atoms with Crippen LogP contribution in [0.1, 0.15) is 25.0 Å². The number of nitrogens with zero attached hydrogens (tertiary/aromatic N) is 2. The number of carbonyl (C=O) groups excluding carboxylic acids is 2. The monoisotopic (exact) mass is 456 g/mol. The maximum Gasteiger partial charge on any atom is 0.250 e. The number of aromatic nitrogens is 1. The van der Waals surface area contributed by atoms with Gasteiger partial charge in [-0.25, -0.2) is 0 Å². The van der Waals surface area contributed by atoms with Gasteiger partial charge in [0, 0.05) is 55.6 Å². The molecule has 31 heavy (non-hydrogen) atoms. The van der Waals surface area contributed by atoms with E-state index in [4.69, 9.17) is 12.2 Å². The summed E-state index contributed by atoms with van der Waals surface area (Å²) < 4.78 is 2.62. The van der Waals surface area contributed by atoms with Crippen molar-refractivity contribution in [1.82, 2.24) is 9.47 Å². The van der Waals surface area contributed by atoms with Crippen molar-refractivity contribution in [2.45, 2.75) is 25.8 Å². The molecule has 0 aliphatic carbocycles. The Kier molecular flexibility index (Phi) is 6.43. The summed E-state index contributed by atoms with van der Waals surface area (Å²) in [5, 5.41) is 5.54. The number of likely N-dealkylation sites (tertiary alicyclic amines) is 1. The van der Waals surface area contributed by atoms with Crippen LogP contribution < -0.4 is 16.2 Å². The predicted octanol–water partition coefficient (Wildman–Crippen LogP) is 2.88. The number of amides is 2. The van der Waals surface area contributed by atoms with Gasteiger partial charge in [0.05, 0.1) is 5.75 Å². The molecular weight excluding hydrogens is 432 g/mol. The molecule has 4 rings (SSSR count). The molecule has 1 saturated heterocycles. The van der Waals surface area contributed by atoms with E-state index in [1.165, 1.54) is 18.7 Å². The maximum absolute atomic E-state index is 12.3. The molecular formula is C22H24N4O3S2. The minimum absolute atomic E-state index is 0.0689. The molecule has 1 aromatic carbocycles. The highest BCUT2D eigenvalue weighted by molar-refractivity contribution is 8.23. The van der Waals surface area contributed by atoms with Crippen molar-refractivity contribution in [3.05, 3.63) is 58.5 Å². The molecule has 0 saturated carbocycles. The molecule has 2 amide bonds. The van der Waals surface area contributed by atoms with Crippen LogP contribution in [0.2, 0.25) is 0 Å². The zero-order chi connectivity index (χ0) is 22.0. The molecule has 0 unspecified atom stereocenters. The van der Waals surface area contributed by atoms with Crippen molar-refractivity contribution in [2.24, 2.45) is 5.92 Å². The fourth-order valence-corrected chi connectivity index (χ4v) is 5.29. The molecule has 1 fully saturated rings. The van der Waals surface area contributed by atoms with Gasteiger partial charge in [-0.1, -0.05) is 30.0 Å². The van der Waals surface area contributed by atoms with E-state index in [1.54, 1.807) is 30.3 Å². The first kappa shape index (κ1) is 21.6. The van der Waals surface area contributed by atoms with Crippen molar-refractivity contribution < 1.29 is 9.59 Å². The summed E-state index contributed by atoms with van der Waals surface area (Å²) >= 11 is 6.98. The van der Waals surface area contributed by atoms with E-state index in [0.29, 0.717) is 17.3 Å². The summed E-state index contributed by atoms with van der Waals surface area (Å²) in [7, 11) is 0. The number of anilines is 2. The minimum atomic E-state index is -0.140. The second kappa shape index (κ2) is 9.23. The first-order valence-electron chi connectivity index (χ1n) is 10.2. The lowest BCUT2D eigenvalue weighted by Crippen LogP contribution is -2.48.